The molecule has 1 aromatic heterocycles. The van der Waals surface area contributed by atoms with Crippen molar-refractivity contribution in [3.8, 4) is 34.1 Å². The van der Waals surface area contributed by atoms with Gasteiger partial charge in [0, 0.05) is 42.4 Å². The van der Waals surface area contributed by atoms with Crippen LogP contribution in [0.2, 0.25) is 0 Å². The highest BCUT2D eigenvalue weighted by Gasteiger charge is 2.22. The topological polar surface area (TPSA) is 39.5 Å². The lowest BCUT2D eigenvalue weighted by molar-refractivity contribution is 0.242. The van der Waals surface area contributed by atoms with Gasteiger partial charge in [-0.3, -0.25) is 4.90 Å². The molecule has 194 valence electrons. The van der Waals surface area contributed by atoms with Gasteiger partial charge in [0.15, 0.2) is 0 Å². The maximum Gasteiger partial charge on any atom is 0.140 e. The van der Waals surface area contributed by atoms with Gasteiger partial charge in [0.25, 0.3) is 0 Å². The molecule has 4 rings (SSSR count). The fraction of sp³-hybridized carbons (Fsp3) is 0.344. The summed E-state index contributed by atoms with van der Waals surface area (Å²) in [5, 5.41) is 0. The molecule has 5 nitrogen and oxygen atoms in total. The quantitative estimate of drug-likeness (QED) is 0.192. The molecule has 5 heteroatoms. The number of imidazole rings is 1. The molecule has 0 aliphatic heterocycles. The van der Waals surface area contributed by atoms with Crippen molar-refractivity contribution in [2.75, 3.05) is 20.8 Å². The zero-order chi connectivity index (χ0) is 26.0. The fourth-order valence-corrected chi connectivity index (χ4v) is 4.78. The van der Waals surface area contributed by atoms with E-state index in [-0.39, 0.29) is 0 Å². The van der Waals surface area contributed by atoms with E-state index in [0.29, 0.717) is 0 Å². The Bertz CT molecular complexity index is 1250. The lowest BCUT2D eigenvalue weighted by Gasteiger charge is -2.25. The first kappa shape index (κ1) is 26.5. The number of rotatable bonds is 13. The predicted octanol–water partition coefficient (Wildman–Crippen LogP) is 7.45. The summed E-state index contributed by atoms with van der Waals surface area (Å²) in [5.74, 6) is 2.70. The second-order valence-corrected chi connectivity index (χ2v) is 9.36. The third kappa shape index (κ3) is 6.41. The van der Waals surface area contributed by atoms with Crippen LogP contribution in [0.25, 0.3) is 22.6 Å². The van der Waals surface area contributed by atoms with Crippen LogP contribution in [-0.2, 0) is 19.6 Å². The van der Waals surface area contributed by atoms with Crippen molar-refractivity contribution in [2.45, 2.75) is 52.7 Å². The smallest absolute Gasteiger partial charge is 0.140 e. The Labute approximate surface area is 221 Å². The van der Waals surface area contributed by atoms with E-state index in [0.717, 1.165) is 85.1 Å². The highest BCUT2D eigenvalue weighted by molar-refractivity contribution is 5.68. The predicted molar refractivity (Wildman–Crippen MR) is 152 cm³/mol. The first-order valence-electron chi connectivity index (χ1n) is 13.3. The Balaban J connectivity index is 1.78. The summed E-state index contributed by atoms with van der Waals surface area (Å²) in [6, 6.07) is 27.2. The van der Waals surface area contributed by atoms with Crippen molar-refractivity contribution in [3.05, 3.63) is 90.1 Å². The second kappa shape index (κ2) is 13.1. The molecule has 0 aliphatic rings. The summed E-state index contributed by atoms with van der Waals surface area (Å²) in [6.07, 6.45) is 3.32. The van der Waals surface area contributed by atoms with Crippen molar-refractivity contribution in [1.82, 2.24) is 14.5 Å². The van der Waals surface area contributed by atoms with Crippen molar-refractivity contribution in [2.24, 2.45) is 0 Å². The van der Waals surface area contributed by atoms with Gasteiger partial charge in [-0.1, -0.05) is 87.0 Å². The van der Waals surface area contributed by atoms with E-state index in [1.54, 1.807) is 14.2 Å². The van der Waals surface area contributed by atoms with Crippen LogP contribution in [0.15, 0.2) is 78.9 Å². The third-order valence-electron chi connectivity index (χ3n) is 6.69. The minimum absolute atomic E-state index is 0.791. The standard InChI is InChI=1S/C32H39N3O2/c1-5-7-21-34(23-27-18-19-28(36-3)22-30(27)37-4)24-29-31(25-14-10-8-11-15-25)33-32(35(29)20-6-2)26-16-12-9-13-17-26/h8-19,22H,5-7,20-21,23-24H2,1-4H3. The summed E-state index contributed by atoms with van der Waals surface area (Å²) in [4.78, 5) is 7.79. The molecule has 3 aromatic carbocycles. The van der Waals surface area contributed by atoms with Crippen LogP contribution in [-0.4, -0.2) is 35.2 Å². The maximum atomic E-state index is 5.74. The average Bonchev–Trinajstić information content (AvgIpc) is 3.30. The van der Waals surface area contributed by atoms with Gasteiger partial charge in [-0.2, -0.15) is 0 Å². The van der Waals surface area contributed by atoms with Gasteiger partial charge in [0.1, 0.15) is 17.3 Å². The van der Waals surface area contributed by atoms with Gasteiger partial charge in [-0.15, -0.1) is 0 Å². The van der Waals surface area contributed by atoms with Gasteiger partial charge in [0.05, 0.1) is 25.6 Å². The van der Waals surface area contributed by atoms with Crippen LogP contribution in [0.1, 0.15) is 44.4 Å². The number of aromatic nitrogens is 2. The normalized spacial score (nSPS) is 11.2. The number of hydrogen-bond acceptors (Lipinski definition) is 4. The first-order chi connectivity index (χ1) is 18.2. The zero-order valence-electron chi connectivity index (χ0n) is 22.6. The Morgan fingerprint density at radius 1 is 0.784 bits per heavy atom. The largest absolute Gasteiger partial charge is 0.497 e. The molecule has 0 amide bonds. The van der Waals surface area contributed by atoms with Gasteiger partial charge in [-0.05, 0) is 25.5 Å². The molecule has 0 N–H and O–H groups in total. The van der Waals surface area contributed by atoms with Crippen molar-refractivity contribution < 1.29 is 9.47 Å². The molecule has 0 spiro atoms. The lowest BCUT2D eigenvalue weighted by atomic mass is 10.1. The number of hydrogen-bond donors (Lipinski definition) is 0. The van der Waals surface area contributed by atoms with Crippen LogP contribution in [0.3, 0.4) is 0 Å². The van der Waals surface area contributed by atoms with Crippen LogP contribution in [0, 0.1) is 0 Å². The molecular weight excluding hydrogens is 458 g/mol. The first-order valence-corrected chi connectivity index (χ1v) is 13.3. The van der Waals surface area contributed by atoms with Crippen molar-refractivity contribution in [1.29, 1.82) is 0 Å². The van der Waals surface area contributed by atoms with Crippen molar-refractivity contribution in [3.63, 3.8) is 0 Å². The molecule has 0 fully saturated rings. The number of benzene rings is 3. The van der Waals surface area contributed by atoms with E-state index < -0.39 is 0 Å². The van der Waals surface area contributed by atoms with Crippen LogP contribution >= 0.6 is 0 Å². The van der Waals surface area contributed by atoms with E-state index in [2.05, 4.69) is 90.0 Å². The molecule has 0 bridgehead atoms. The third-order valence-corrected chi connectivity index (χ3v) is 6.69. The molecule has 0 atom stereocenters. The minimum Gasteiger partial charge on any atom is -0.497 e. The van der Waals surface area contributed by atoms with E-state index >= 15 is 0 Å². The summed E-state index contributed by atoms with van der Waals surface area (Å²) in [7, 11) is 3.41. The number of ether oxygens (including phenoxy) is 2. The van der Waals surface area contributed by atoms with E-state index in [4.69, 9.17) is 14.5 Å². The van der Waals surface area contributed by atoms with Gasteiger partial charge < -0.3 is 14.0 Å². The SMILES string of the molecule is CCCCN(Cc1ccc(OC)cc1OC)Cc1c(-c2ccccc2)nc(-c2ccccc2)n1CCC. The molecule has 0 radical (unpaired) electrons. The van der Waals surface area contributed by atoms with Crippen LogP contribution in [0.4, 0.5) is 0 Å². The number of methoxy groups -OCH3 is 2. The van der Waals surface area contributed by atoms with E-state index in [1.165, 1.54) is 5.69 Å². The Hall–Kier alpha value is -3.57. The zero-order valence-corrected chi connectivity index (χ0v) is 22.6. The highest BCUT2D eigenvalue weighted by atomic mass is 16.5. The molecule has 0 saturated heterocycles. The molecule has 0 saturated carbocycles. The van der Waals surface area contributed by atoms with Gasteiger partial charge in [0.2, 0.25) is 0 Å². The molecule has 1 heterocycles. The molecule has 0 unspecified atom stereocenters. The van der Waals surface area contributed by atoms with Crippen LogP contribution < -0.4 is 9.47 Å². The van der Waals surface area contributed by atoms with Gasteiger partial charge >= 0.3 is 0 Å². The maximum absolute atomic E-state index is 5.74. The fourth-order valence-electron chi connectivity index (χ4n) is 4.78. The lowest BCUT2D eigenvalue weighted by Crippen LogP contribution is -2.26. The Kier molecular flexibility index (Phi) is 9.39. The molecule has 37 heavy (non-hydrogen) atoms. The van der Waals surface area contributed by atoms with E-state index in [9.17, 15) is 0 Å². The number of unbranched alkanes of at least 4 members (excludes halogenated alkanes) is 1. The van der Waals surface area contributed by atoms with Crippen LogP contribution in [0.5, 0.6) is 11.5 Å². The average molecular weight is 498 g/mol. The van der Waals surface area contributed by atoms with Crippen molar-refractivity contribution >= 4 is 0 Å². The summed E-state index contributed by atoms with van der Waals surface area (Å²) >= 11 is 0. The van der Waals surface area contributed by atoms with Gasteiger partial charge in [-0.25, -0.2) is 4.98 Å². The Morgan fingerprint density at radius 2 is 1.49 bits per heavy atom. The summed E-state index contributed by atoms with van der Waals surface area (Å²) in [5.41, 5.74) is 5.79. The molecule has 0 aliphatic carbocycles. The Morgan fingerprint density at radius 3 is 2.11 bits per heavy atom. The highest BCUT2D eigenvalue weighted by Crippen LogP contribution is 2.32. The molecule has 4 aromatic rings. The summed E-state index contributed by atoms with van der Waals surface area (Å²) < 4.78 is 13.6. The monoisotopic (exact) mass is 497 g/mol. The minimum atomic E-state index is 0.791. The summed E-state index contributed by atoms with van der Waals surface area (Å²) in [6.45, 7) is 8.00. The van der Waals surface area contributed by atoms with E-state index in [1.807, 2.05) is 12.1 Å². The number of nitrogens with zero attached hydrogens (tertiary/aromatic N) is 3. The molecular formula is C32H39N3O2. The second-order valence-electron chi connectivity index (χ2n) is 9.36.